The van der Waals surface area contributed by atoms with Crippen molar-refractivity contribution in [1.29, 1.82) is 0 Å². The normalized spacial score (nSPS) is 14.8. The Morgan fingerprint density at radius 3 is 2.86 bits per heavy atom. The molecule has 4 rings (SSSR count). The molecule has 1 aromatic carbocycles. The van der Waals surface area contributed by atoms with Crippen molar-refractivity contribution < 1.29 is 9.18 Å². The summed E-state index contributed by atoms with van der Waals surface area (Å²) in [7, 11) is 0. The minimum Gasteiger partial charge on any atom is -0.357 e. The summed E-state index contributed by atoms with van der Waals surface area (Å²) >= 11 is 0. The van der Waals surface area contributed by atoms with E-state index in [4.69, 9.17) is 0 Å². The Labute approximate surface area is 169 Å². The number of halogens is 1. The Morgan fingerprint density at radius 1 is 1.28 bits per heavy atom. The number of hydrogen-bond donors (Lipinski definition) is 2. The molecule has 1 fully saturated rings. The average Bonchev–Trinajstić information content (AvgIpc) is 3.24. The molecule has 29 heavy (non-hydrogen) atoms. The molecule has 0 atom stereocenters. The van der Waals surface area contributed by atoms with E-state index in [1.54, 1.807) is 30.6 Å². The van der Waals surface area contributed by atoms with E-state index in [1.165, 1.54) is 6.07 Å². The molecule has 0 spiro atoms. The van der Waals surface area contributed by atoms with E-state index in [9.17, 15) is 9.18 Å². The number of benzene rings is 1. The van der Waals surface area contributed by atoms with Crippen LogP contribution in [-0.4, -0.2) is 40.7 Å². The van der Waals surface area contributed by atoms with Gasteiger partial charge in [0.25, 0.3) is 5.91 Å². The van der Waals surface area contributed by atoms with Gasteiger partial charge >= 0.3 is 0 Å². The highest BCUT2D eigenvalue weighted by Crippen LogP contribution is 2.35. The van der Waals surface area contributed by atoms with Crippen molar-refractivity contribution in [3.63, 3.8) is 0 Å². The van der Waals surface area contributed by atoms with Crippen LogP contribution in [0.3, 0.4) is 0 Å². The van der Waals surface area contributed by atoms with Gasteiger partial charge in [-0.1, -0.05) is 12.1 Å². The van der Waals surface area contributed by atoms with E-state index in [0.29, 0.717) is 18.0 Å². The standard InChI is InChI=1S/C22H24FN5O/c1-2-24-22(29)17-6-9-25-20(13-17)28-10-7-15(8-11-28)21-19(14-26-27-21)16-4-3-5-18(23)12-16/h3-6,9,12-15H,2,7-8,10-11H2,1H3,(H,24,29)(H,26,27). The largest absolute Gasteiger partial charge is 0.357 e. The van der Waals surface area contributed by atoms with Gasteiger partial charge in [-0.05, 0) is 49.6 Å². The zero-order chi connectivity index (χ0) is 20.2. The van der Waals surface area contributed by atoms with Crippen LogP contribution in [-0.2, 0) is 0 Å². The van der Waals surface area contributed by atoms with Crippen LogP contribution in [0, 0.1) is 5.82 Å². The van der Waals surface area contributed by atoms with Crippen LogP contribution < -0.4 is 10.2 Å². The number of rotatable bonds is 5. The highest BCUT2D eigenvalue weighted by atomic mass is 19.1. The third-order valence-electron chi connectivity index (χ3n) is 5.38. The Balaban J connectivity index is 1.47. The zero-order valence-electron chi connectivity index (χ0n) is 16.4. The predicted molar refractivity (Wildman–Crippen MR) is 110 cm³/mol. The Hall–Kier alpha value is -3.22. The fourth-order valence-electron chi connectivity index (χ4n) is 3.89. The Kier molecular flexibility index (Phi) is 5.55. The summed E-state index contributed by atoms with van der Waals surface area (Å²) < 4.78 is 13.6. The summed E-state index contributed by atoms with van der Waals surface area (Å²) in [4.78, 5) is 18.7. The zero-order valence-corrected chi connectivity index (χ0v) is 16.4. The average molecular weight is 393 g/mol. The number of hydrogen-bond acceptors (Lipinski definition) is 4. The molecule has 150 valence electrons. The second-order valence-corrected chi connectivity index (χ2v) is 7.23. The van der Waals surface area contributed by atoms with Crippen LogP contribution >= 0.6 is 0 Å². The molecular formula is C22H24FN5O. The fraction of sp³-hybridized carbons (Fsp3) is 0.318. The van der Waals surface area contributed by atoms with Crippen molar-refractivity contribution in [1.82, 2.24) is 20.5 Å². The van der Waals surface area contributed by atoms with E-state index < -0.39 is 0 Å². The molecule has 6 nitrogen and oxygen atoms in total. The van der Waals surface area contributed by atoms with Gasteiger partial charge in [0.05, 0.1) is 6.20 Å². The molecule has 0 bridgehead atoms. The van der Waals surface area contributed by atoms with E-state index in [2.05, 4.69) is 25.4 Å². The van der Waals surface area contributed by atoms with Gasteiger partial charge in [-0.25, -0.2) is 9.37 Å². The number of aromatic nitrogens is 3. The van der Waals surface area contributed by atoms with Crippen molar-refractivity contribution in [2.75, 3.05) is 24.5 Å². The second kappa shape index (κ2) is 8.43. The summed E-state index contributed by atoms with van der Waals surface area (Å²) in [6.07, 6.45) is 5.31. The lowest BCUT2D eigenvalue weighted by Gasteiger charge is -2.33. The molecular weight excluding hydrogens is 369 g/mol. The number of carbonyl (C=O) groups is 1. The van der Waals surface area contributed by atoms with Crippen molar-refractivity contribution in [3.05, 3.63) is 65.9 Å². The number of piperidine rings is 1. The third-order valence-corrected chi connectivity index (χ3v) is 5.38. The van der Waals surface area contributed by atoms with Gasteiger partial charge in [0, 0.05) is 48.6 Å². The molecule has 7 heteroatoms. The third kappa shape index (κ3) is 4.13. The molecule has 1 aliphatic rings. The quantitative estimate of drug-likeness (QED) is 0.692. The minimum absolute atomic E-state index is 0.0803. The number of pyridine rings is 1. The van der Waals surface area contributed by atoms with Gasteiger partial charge in [0.1, 0.15) is 11.6 Å². The number of H-pyrrole nitrogens is 1. The molecule has 3 heterocycles. The molecule has 3 aromatic rings. The number of carbonyl (C=O) groups excluding carboxylic acids is 1. The van der Waals surface area contributed by atoms with Crippen LogP contribution in [0.4, 0.5) is 10.2 Å². The minimum atomic E-state index is -0.248. The molecule has 2 aromatic heterocycles. The lowest BCUT2D eigenvalue weighted by molar-refractivity contribution is 0.0955. The molecule has 2 N–H and O–H groups in total. The molecule has 0 saturated carbocycles. The van der Waals surface area contributed by atoms with E-state index in [1.807, 2.05) is 19.1 Å². The van der Waals surface area contributed by atoms with Crippen molar-refractivity contribution in [3.8, 4) is 11.1 Å². The van der Waals surface area contributed by atoms with Gasteiger partial charge in [-0.3, -0.25) is 9.89 Å². The lowest BCUT2D eigenvalue weighted by atomic mass is 9.89. The first-order valence-corrected chi connectivity index (χ1v) is 9.94. The molecule has 0 unspecified atom stereocenters. The SMILES string of the molecule is CCNC(=O)c1ccnc(N2CCC(c3[nH]ncc3-c3cccc(F)c3)CC2)c1. The maximum absolute atomic E-state index is 13.6. The topological polar surface area (TPSA) is 73.9 Å². The molecule has 0 radical (unpaired) electrons. The molecule has 1 saturated heterocycles. The first kappa shape index (κ1) is 19.1. The number of aromatic amines is 1. The summed E-state index contributed by atoms with van der Waals surface area (Å²) in [6, 6.07) is 10.2. The maximum atomic E-state index is 13.6. The first-order chi connectivity index (χ1) is 14.2. The van der Waals surface area contributed by atoms with Crippen LogP contribution in [0.15, 0.2) is 48.8 Å². The summed E-state index contributed by atoms with van der Waals surface area (Å²) in [5.74, 6) is 0.812. The van der Waals surface area contributed by atoms with Crippen LogP contribution in [0.5, 0.6) is 0 Å². The van der Waals surface area contributed by atoms with Gasteiger partial charge in [-0.15, -0.1) is 0 Å². The van der Waals surface area contributed by atoms with Gasteiger partial charge < -0.3 is 10.2 Å². The second-order valence-electron chi connectivity index (χ2n) is 7.23. The number of nitrogens with one attached hydrogen (secondary N) is 2. The predicted octanol–water partition coefficient (Wildman–Crippen LogP) is 3.74. The number of nitrogens with zero attached hydrogens (tertiary/aromatic N) is 3. The Bertz CT molecular complexity index is 994. The van der Waals surface area contributed by atoms with E-state index in [0.717, 1.165) is 48.6 Å². The highest BCUT2D eigenvalue weighted by molar-refractivity contribution is 5.94. The smallest absolute Gasteiger partial charge is 0.251 e. The molecule has 0 aliphatic carbocycles. The fourth-order valence-corrected chi connectivity index (χ4v) is 3.89. The van der Waals surface area contributed by atoms with E-state index in [-0.39, 0.29) is 11.7 Å². The van der Waals surface area contributed by atoms with Crippen molar-refractivity contribution in [2.24, 2.45) is 0 Å². The van der Waals surface area contributed by atoms with Gasteiger partial charge in [-0.2, -0.15) is 5.10 Å². The summed E-state index contributed by atoms with van der Waals surface area (Å²) in [5.41, 5.74) is 3.48. The lowest BCUT2D eigenvalue weighted by Crippen LogP contribution is -2.34. The number of amides is 1. The van der Waals surface area contributed by atoms with Crippen molar-refractivity contribution in [2.45, 2.75) is 25.7 Å². The Morgan fingerprint density at radius 2 is 2.10 bits per heavy atom. The number of anilines is 1. The maximum Gasteiger partial charge on any atom is 0.251 e. The highest BCUT2D eigenvalue weighted by Gasteiger charge is 2.25. The monoisotopic (exact) mass is 393 g/mol. The van der Waals surface area contributed by atoms with Crippen LogP contribution in [0.2, 0.25) is 0 Å². The van der Waals surface area contributed by atoms with Crippen LogP contribution in [0.25, 0.3) is 11.1 Å². The molecule has 1 amide bonds. The van der Waals surface area contributed by atoms with Crippen molar-refractivity contribution >= 4 is 11.7 Å². The first-order valence-electron chi connectivity index (χ1n) is 9.94. The van der Waals surface area contributed by atoms with E-state index >= 15 is 0 Å². The van der Waals surface area contributed by atoms with Crippen LogP contribution in [0.1, 0.15) is 41.7 Å². The summed E-state index contributed by atoms with van der Waals surface area (Å²) in [5, 5.41) is 10.2. The molecule has 1 aliphatic heterocycles. The van der Waals surface area contributed by atoms with Gasteiger partial charge in [0.15, 0.2) is 0 Å². The summed E-state index contributed by atoms with van der Waals surface area (Å²) in [6.45, 7) is 4.16. The van der Waals surface area contributed by atoms with Gasteiger partial charge in [0.2, 0.25) is 0 Å².